The molecule has 0 heterocycles. The summed E-state index contributed by atoms with van der Waals surface area (Å²) in [6.45, 7) is -2.50. The van der Waals surface area contributed by atoms with Crippen LogP contribution in [-0.4, -0.2) is 6.11 Å². The maximum Gasteiger partial charge on any atom is 0.453 e. The van der Waals surface area contributed by atoms with Gasteiger partial charge in [-0.1, -0.05) is 0 Å². The molecule has 0 rings (SSSR count). The molecule has 0 aromatic carbocycles. The zero-order chi connectivity index (χ0) is 6.78. The van der Waals surface area contributed by atoms with E-state index in [2.05, 4.69) is 4.74 Å². The van der Waals surface area contributed by atoms with Crippen LogP contribution < -0.4 is 0 Å². The normalized spacial score (nSPS) is 12.8. The molecule has 0 atom stereocenters. The summed E-state index contributed by atoms with van der Waals surface area (Å²) >= 11 is 0. The summed E-state index contributed by atoms with van der Waals surface area (Å²) in [5, 5.41) is 0. The van der Waals surface area contributed by atoms with Crippen molar-refractivity contribution in [2.24, 2.45) is 0 Å². The summed E-state index contributed by atoms with van der Waals surface area (Å²) in [7, 11) is 0. The first-order valence-electron chi connectivity index (χ1n) is 1.66. The Labute approximate surface area is 43.2 Å². The van der Waals surface area contributed by atoms with Gasteiger partial charge in [-0.3, -0.25) is 0 Å². The summed E-state index contributed by atoms with van der Waals surface area (Å²) in [5.41, 5.74) is 0. The SMILES string of the molecule is CC(F)(F)O[C](F)F. The number of alkyl halides is 2. The number of rotatable bonds is 2. The van der Waals surface area contributed by atoms with Crippen LogP contribution in [0.5, 0.6) is 0 Å². The van der Waals surface area contributed by atoms with Gasteiger partial charge in [-0.05, 0) is 0 Å². The summed E-state index contributed by atoms with van der Waals surface area (Å²) in [5.74, 6) is 0. The first-order chi connectivity index (χ1) is 3.42. The van der Waals surface area contributed by atoms with Crippen LogP contribution >= 0.6 is 0 Å². The third-order valence-corrected chi connectivity index (χ3v) is 0.256. The first kappa shape index (κ1) is 7.68. The van der Waals surface area contributed by atoms with Crippen molar-refractivity contribution in [1.82, 2.24) is 0 Å². The number of halogens is 4. The molecular weight excluding hydrogens is 128 g/mol. The number of hydrogen-bond acceptors (Lipinski definition) is 1. The number of hydrogen-bond donors (Lipinski definition) is 0. The van der Waals surface area contributed by atoms with Crippen molar-refractivity contribution in [1.29, 1.82) is 0 Å². The van der Waals surface area contributed by atoms with Crippen LogP contribution in [0.1, 0.15) is 6.92 Å². The molecule has 0 amide bonds. The van der Waals surface area contributed by atoms with Crippen molar-refractivity contribution in [2.45, 2.75) is 13.0 Å². The summed E-state index contributed by atoms with van der Waals surface area (Å²) in [6, 6.07) is 0. The molecule has 0 unspecified atom stereocenters. The lowest BCUT2D eigenvalue weighted by atomic mass is 10.7. The summed E-state index contributed by atoms with van der Waals surface area (Å²) < 4.78 is 46.7. The van der Waals surface area contributed by atoms with Crippen molar-refractivity contribution >= 4 is 0 Å². The molecule has 0 bridgehead atoms. The molecular formula is C3H3F4O. The number of ether oxygens (including phenoxy) is 1. The summed E-state index contributed by atoms with van der Waals surface area (Å²) in [4.78, 5) is 0. The van der Waals surface area contributed by atoms with Gasteiger partial charge in [-0.25, -0.2) is 4.74 Å². The van der Waals surface area contributed by atoms with Crippen LogP contribution in [0.4, 0.5) is 17.6 Å². The van der Waals surface area contributed by atoms with Gasteiger partial charge in [-0.2, -0.15) is 17.6 Å². The molecule has 0 aromatic rings. The topological polar surface area (TPSA) is 9.23 Å². The molecule has 0 saturated carbocycles. The minimum absolute atomic E-state index is 0.228. The van der Waals surface area contributed by atoms with E-state index < -0.39 is 12.7 Å². The fourth-order valence-electron chi connectivity index (χ4n) is 0.135. The van der Waals surface area contributed by atoms with Gasteiger partial charge in [0.25, 0.3) is 0 Å². The van der Waals surface area contributed by atoms with Gasteiger partial charge in [-0.15, -0.1) is 0 Å². The maximum absolute atomic E-state index is 11.2. The fourth-order valence-corrected chi connectivity index (χ4v) is 0.135. The Morgan fingerprint density at radius 1 is 1.38 bits per heavy atom. The Bertz CT molecular complexity index is 66.2. The smallest absolute Gasteiger partial charge is 0.248 e. The van der Waals surface area contributed by atoms with E-state index in [4.69, 9.17) is 0 Å². The van der Waals surface area contributed by atoms with Gasteiger partial charge in [0.1, 0.15) is 0 Å². The van der Waals surface area contributed by atoms with E-state index in [1.165, 1.54) is 0 Å². The Kier molecular flexibility index (Phi) is 2.21. The van der Waals surface area contributed by atoms with Crippen LogP contribution in [0.15, 0.2) is 0 Å². The van der Waals surface area contributed by atoms with E-state index in [0.29, 0.717) is 0 Å². The van der Waals surface area contributed by atoms with Crippen molar-refractivity contribution in [3.63, 3.8) is 0 Å². The minimum Gasteiger partial charge on any atom is -0.248 e. The van der Waals surface area contributed by atoms with Crippen molar-refractivity contribution in [3.05, 3.63) is 6.61 Å². The molecule has 8 heavy (non-hydrogen) atoms. The van der Waals surface area contributed by atoms with E-state index in [0.717, 1.165) is 0 Å². The highest BCUT2D eigenvalue weighted by Crippen LogP contribution is 2.20. The molecule has 0 aliphatic heterocycles. The predicted octanol–water partition coefficient (Wildman–Crippen LogP) is 2.00. The average Bonchev–Trinajstić information content (AvgIpc) is 1.21. The lowest BCUT2D eigenvalue weighted by Crippen LogP contribution is -2.14. The standard InChI is InChI=1S/C3H3F4O/c1-3(6,7)8-2(4)5/h1H3. The van der Waals surface area contributed by atoms with Crippen molar-refractivity contribution in [3.8, 4) is 0 Å². The quantitative estimate of drug-likeness (QED) is 0.521. The van der Waals surface area contributed by atoms with Gasteiger partial charge in [0.05, 0.1) is 0 Å². The zero-order valence-corrected chi connectivity index (χ0v) is 3.92. The van der Waals surface area contributed by atoms with E-state index >= 15 is 0 Å². The van der Waals surface area contributed by atoms with Crippen LogP contribution in [0.25, 0.3) is 0 Å². The van der Waals surface area contributed by atoms with E-state index in [9.17, 15) is 17.6 Å². The molecule has 49 valence electrons. The maximum atomic E-state index is 11.2. The van der Waals surface area contributed by atoms with Gasteiger partial charge in [0, 0.05) is 6.92 Å². The third-order valence-electron chi connectivity index (χ3n) is 0.256. The van der Waals surface area contributed by atoms with Crippen LogP contribution in [0.3, 0.4) is 0 Å². The van der Waals surface area contributed by atoms with Gasteiger partial charge < -0.3 is 0 Å². The lowest BCUT2D eigenvalue weighted by Gasteiger charge is -2.06. The molecule has 0 spiro atoms. The Balaban J connectivity index is 3.39. The summed E-state index contributed by atoms with van der Waals surface area (Å²) in [6.07, 6.45) is -3.77. The van der Waals surface area contributed by atoms with Crippen molar-refractivity contribution in [2.75, 3.05) is 0 Å². The van der Waals surface area contributed by atoms with Gasteiger partial charge in [0.15, 0.2) is 0 Å². The van der Waals surface area contributed by atoms with Crippen LogP contribution in [0.2, 0.25) is 0 Å². The van der Waals surface area contributed by atoms with Gasteiger partial charge >= 0.3 is 12.7 Å². The van der Waals surface area contributed by atoms with Crippen LogP contribution in [-0.2, 0) is 4.74 Å². The molecule has 0 N–H and O–H groups in total. The average molecular weight is 131 g/mol. The molecule has 0 saturated heterocycles. The van der Waals surface area contributed by atoms with Gasteiger partial charge in [0.2, 0.25) is 0 Å². The zero-order valence-electron chi connectivity index (χ0n) is 3.92. The molecule has 1 nitrogen and oxygen atoms in total. The van der Waals surface area contributed by atoms with Crippen molar-refractivity contribution < 1.29 is 22.3 Å². The monoisotopic (exact) mass is 131 g/mol. The second kappa shape index (κ2) is 2.30. The first-order valence-corrected chi connectivity index (χ1v) is 1.66. The highest BCUT2D eigenvalue weighted by Gasteiger charge is 2.28. The molecule has 0 fully saturated rings. The van der Waals surface area contributed by atoms with E-state index in [-0.39, 0.29) is 6.92 Å². The molecule has 1 radical (unpaired) electrons. The van der Waals surface area contributed by atoms with E-state index in [1.807, 2.05) is 0 Å². The Hall–Kier alpha value is -0.320. The highest BCUT2D eigenvalue weighted by molar-refractivity contribution is 4.44. The molecule has 0 aromatic heterocycles. The Morgan fingerprint density at radius 2 is 1.75 bits per heavy atom. The van der Waals surface area contributed by atoms with E-state index in [1.54, 1.807) is 0 Å². The minimum atomic E-state index is -3.77. The second-order valence-electron chi connectivity index (χ2n) is 1.14. The molecule has 5 heteroatoms. The lowest BCUT2D eigenvalue weighted by molar-refractivity contribution is -0.258. The molecule has 0 aliphatic rings. The predicted molar refractivity (Wildman–Crippen MR) is 17.2 cm³/mol. The second-order valence-corrected chi connectivity index (χ2v) is 1.14. The Morgan fingerprint density at radius 3 is 1.75 bits per heavy atom. The molecule has 0 aliphatic carbocycles. The highest BCUT2D eigenvalue weighted by atomic mass is 19.3. The fraction of sp³-hybridized carbons (Fsp3) is 0.667. The largest absolute Gasteiger partial charge is 0.453 e. The third kappa shape index (κ3) is 5.68. The van der Waals surface area contributed by atoms with Crippen LogP contribution in [0, 0.1) is 6.61 Å².